The second-order valence-electron chi connectivity index (χ2n) is 5.99. The van der Waals surface area contributed by atoms with Gasteiger partial charge in [0.2, 0.25) is 5.91 Å². The Morgan fingerprint density at radius 2 is 1.91 bits per heavy atom. The highest BCUT2D eigenvalue weighted by Gasteiger charge is 2.48. The van der Waals surface area contributed by atoms with Crippen LogP contribution in [-0.4, -0.2) is 45.5 Å². The first kappa shape index (κ1) is 13.1. The topological polar surface area (TPSA) is 75.1 Å². The first-order valence-electron chi connectivity index (χ1n) is 7.32. The van der Waals surface area contributed by atoms with Crippen LogP contribution in [-0.2, 0) is 4.79 Å². The molecule has 1 amide bonds. The molecule has 0 radical (unpaired) electrons. The van der Waals surface area contributed by atoms with Crippen molar-refractivity contribution in [1.29, 1.82) is 0 Å². The Bertz CT molecular complexity index is 679. The normalized spacial score (nSPS) is 24.5. The lowest BCUT2D eigenvalue weighted by Crippen LogP contribution is -2.31. The van der Waals surface area contributed by atoms with Crippen LogP contribution >= 0.6 is 0 Å². The first-order valence-corrected chi connectivity index (χ1v) is 7.32. The number of rotatable bonds is 2. The van der Waals surface area contributed by atoms with Crippen LogP contribution in [0, 0.1) is 5.41 Å². The van der Waals surface area contributed by atoms with Gasteiger partial charge in [-0.15, -0.1) is 0 Å². The van der Waals surface area contributed by atoms with E-state index in [0.29, 0.717) is 6.42 Å². The highest BCUT2D eigenvalue weighted by Crippen LogP contribution is 2.42. The molecule has 2 aliphatic rings. The average Bonchev–Trinajstić information content (AvgIpc) is 3.13. The zero-order valence-electron chi connectivity index (χ0n) is 12.1. The molecule has 112 valence electrons. The van der Waals surface area contributed by atoms with Gasteiger partial charge in [0.05, 0.1) is 24.3 Å². The van der Waals surface area contributed by atoms with Crippen molar-refractivity contribution in [3.63, 3.8) is 0 Å². The van der Waals surface area contributed by atoms with Crippen LogP contribution in [0.3, 0.4) is 0 Å². The number of hydrogen-bond donors (Lipinski definition) is 0. The van der Waals surface area contributed by atoms with Gasteiger partial charge < -0.3 is 9.80 Å². The van der Waals surface area contributed by atoms with Gasteiger partial charge in [0.1, 0.15) is 12.1 Å². The Labute approximate surface area is 128 Å². The number of amides is 1. The Hall–Kier alpha value is -2.57. The van der Waals surface area contributed by atoms with Crippen molar-refractivity contribution >= 4 is 17.4 Å². The molecule has 7 heteroatoms. The summed E-state index contributed by atoms with van der Waals surface area (Å²) in [5, 5.41) is 0. The summed E-state index contributed by atoms with van der Waals surface area (Å²) in [4.78, 5) is 32.9. The predicted octanol–water partition coefficient (Wildman–Crippen LogP) is 0.900. The quantitative estimate of drug-likeness (QED) is 0.819. The van der Waals surface area contributed by atoms with E-state index in [4.69, 9.17) is 0 Å². The maximum Gasteiger partial charge on any atom is 0.227 e. The third-order valence-electron chi connectivity index (χ3n) is 4.49. The molecule has 1 spiro atoms. The second kappa shape index (κ2) is 5.01. The van der Waals surface area contributed by atoms with Crippen LogP contribution in [0.25, 0.3) is 0 Å². The molecule has 2 aromatic rings. The van der Waals surface area contributed by atoms with E-state index in [1.54, 1.807) is 35.9 Å². The lowest BCUT2D eigenvalue weighted by molar-refractivity contribution is -0.117. The van der Waals surface area contributed by atoms with E-state index in [1.807, 2.05) is 0 Å². The van der Waals surface area contributed by atoms with Crippen molar-refractivity contribution in [3.05, 3.63) is 37.3 Å². The lowest BCUT2D eigenvalue weighted by atomic mass is 9.86. The summed E-state index contributed by atoms with van der Waals surface area (Å²) in [6.45, 7) is 2.46. The predicted molar refractivity (Wildman–Crippen MR) is 80.3 cm³/mol. The van der Waals surface area contributed by atoms with E-state index in [2.05, 4.69) is 24.8 Å². The van der Waals surface area contributed by atoms with Gasteiger partial charge in [0, 0.05) is 43.9 Å². The molecule has 7 nitrogen and oxygen atoms in total. The van der Waals surface area contributed by atoms with Gasteiger partial charge in [-0.05, 0) is 6.42 Å². The molecule has 4 rings (SSSR count). The molecule has 1 unspecified atom stereocenters. The minimum Gasteiger partial charge on any atom is -0.355 e. The fourth-order valence-corrected chi connectivity index (χ4v) is 3.42. The van der Waals surface area contributed by atoms with Crippen molar-refractivity contribution < 1.29 is 4.79 Å². The highest BCUT2D eigenvalue weighted by atomic mass is 16.2. The van der Waals surface area contributed by atoms with Crippen LogP contribution in [0.4, 0.5) is 11.5 Å². The monoisotopic (exact) mass is 296 g/mol. The molecule has 2 aliphatic heterocycles. The Balaban J connectivity index is 1.54. The smallest absolute Gasteiger partial charge is 0.227 e. The minimum atomic E-state index is -0.00948. The number of nitrogens with zero attached hydrogens (tertiary/aromatic N) is 6. The SMILES string of the molecule is O=C1CC2(CCN(c3cnccn3)C2)CN1c1cncnc1. The molecule has 4 heterocycles. The highest BCUT2D eigenvalue weighted by molar-refractivity contribution is 5.96. The molecule has 0 saturated carbocycles. The maximum atomic E-state index is 12.4. The maximum absolute atomic E-state index is 12.4. The number of carbonyl (C=O) groups is 1. The molecule has 22 heavy (non-hydrogen) atoms. The summed E-state index contributed by atoms with van der Waals surface area (Å²) in [5.74, 6) is 1.03. The first-order chi connectivity index (χ1) is 10.8. The molecule has 0 N–H and O–H groups in total. The summed E-state index contributed by atoms with van der Waals surface area (Å²) in [6.07, 6.45) is 11.6. The van der Waals surface area contributed by atoms with E-state index in [1.165, 1.54) is 6.33 Å². The molecule has 0 bridgehead atoms. The van der Waals surface area contributed by atoms with Crippen molar-refractivity contribution in [3.8, 4) is 0 Å². The van der Waals surface area contributed by atoms with E-state index >= 15 is 0 Å². The van der Waals surface area contributed by atoms with Crippen molar-refractivity contribution in [2.24, 2.45) is 5.41 Å². The van der Waals surface area contributed by atoms with Gasteiger partial charge in [-0.1, -0.05) is 0 Å². The van der Waals surface area contributed by atoms with Gasteiger partial charge in [-0.2, -0.15) is 0 Å². The zero-order chi connectivity index (χ0) is 15.0. The van der Waals surface area contributed by atoms with Crippen LogP contribution in [0.2, 0.25) is 0 Å². The standard InChI is InChI=1S/C15H16N6O/c22-14-5-15(10-21(14)12-6-17-11-18-7-12)1-4-20(9-15)13-8-16-2-3-19-13/h2-3,6-8,11H,1,4-5,9-10H2. The summed E-state index contributed by atoms with van der Waals surface area (Å²) < 4.78 is 0. The zero-order valence-corrected chi connectivity index (χ0v) is 12.1. The van der Waals surface area contributed by atoms with E-state index in [9.17, 15) is 4.79 Å². The van der Waals surface area contributed by atoms with E-state index in [-0.39, 0.29) is 11.3 Å². The number of aromatic nitrogens is 4. The Morgan fingerprint density at radius 1 is 1.05 bits per heavy atom. The van der Waals surface area contributed by atoms with Gasteiger partial charge >= 0.3 is 0 Å². The van der Waals surface area contributed by atoms with Gasteiger partial charge in [0.25, 0.3) is 0 Å². The largest absolute Gasteiger partial charge is 0.355 e. The van der Waals surface area contributed by atoms with E-state index in [0.717, 1.165) is 37.6 Å². The summed E-state index contributed by atoms with van der Waals surface area (Å²) >= 11 is 0. The van der Waals surface area contributed by atoms with Crippen molar-refractivity contribution in [1.82, 2.24) is 19.9 Å². The molecule has 1 atom stereocenters. The van der Waals surface area contributed by atoms with Crippen molar-refractivity contribution in [2.45, 2.75) is 12.8 Å². The third kappa shape index (κ3) is 2.18. The molecule has 2 aromatic heterocycles. The average molecular weight is 296 g/mol. The summed E-state index contributed by atoms with van der Waals surface area (Å²) in [5.41, 5.74) is 0.770. The van der Waals surface area contributed by atoms with Gasteiger partial charge in [-0.3, -0.25) is 9.78 Å². The van der Waals surface area contributed by atoms with Crippen LogP contribution in [0.5, 0.6) is 0 Å². The van der Waals surface area contributed by atoms with Gasteiger partial charge in [-0.25, -0.2) is 15.0 Å². The summed E-state index contributed by atoms with van der Waals surface area (Å²) in [7, 11) is 0. The number of carbonyl (C=O) groups excluding carboxylic acids is 1. The Morgan fingerprint density at radius 3 is 2.68 bits per heavy atom. The van der Waals surface area contributed by atoms with Crippen molar-refractivity contribution in [2.75, 3.05) is 29.4 Å². The van der Waals surface area contributed by atoms with Crippen LogP contribution in [0.15, 0.2) is 37.3 Å². The molecule has 2 saturated heterocycles. The molecule has 0 aliphatic carbocycles. The van der Waals surface area contributed by atoms with Gasteiger partial charge in [0.15, 0.2) is 0 Å². The molecule has 2 fully saturated rings. The fraction of sp³-hybridized carbons (Fsp3) is 0.400. The summed E-state index contributed by atoms with van der Waals surface area (Å²) in [6, 6.07) is 0. The lowest BCUT2D eigenvalue weighted by Gasteiger charge is -2.24. The van der Waals surface area contributed by atoms with Crippen LogP contribution in [0.1, 0.15) is 12.8 Å². The molecule has 0 aromatic carbocycles. The second-order valence-corrected chi connectivity index (χ2v) is 5.99. The number of hydrogen-bond acceptors (Lipinski definition) is 6. The number of anilines is 2. The molecular weight excluding hydrogens is 280 g/mol. The molecular formula is C15H16N6O. The van der Waals surface area contributed by atoms with Crippen LogP contribution < -0.4 is 9.80 Å². The Kier molecular flexibility index (Phi) is 2.99. The fourth-order valence-electron chi connectivity index (χ4n) is 3.42. The minimum absolute atomic E-state index is 0.00948. The van der Waals surface area contributed by atoms with E-state index < -0.39 is 0 Å². The third-order valence-corrected chi connectivity index (χ3v) is 4.49.